The Morgan fingerprint density at radius 2 is 2.35 bits per heavy atom. The van der Waals surface area contributed by atoms with E-state index >= 15 is 0 Å². The molecule has 1 atom stereocenters. The number of methoxy groups -OCH3 is 1. The zero-order valence-corrected chi connectivity index (χ0v) is 10.3. The van der Waals surface area contributed by atoms with Crippen LogP contribution in [0, 0.1) is 0 Å². The van der Waals surface area contributed by atoms with Gasteiger partial charge < -0.3 is 14.7 Å². The molecule has 0 aliphatic rings. The summed E-state index contributed by atoms with van der Waals surface area (Å²) >= 11 is 0. The number of aliphatic hydroxyl groups excluding tert-OH is 1. The number of esters is 1. The molecule has 0 fully saturated rings. The minimum absolute atomic E-state index is 0.0360. The van der Waals surface area contributed by atoms with Crippen molar-refractivity contribution in [2.45, 2.75) is 19.4 Å². The van der Waals surface area contributed by atoms with Gasteiger partial charge in [0, 0.05) is 19.8 Å². The number of anilines is 1. The first-order valence-corrected chi connectivity index (χ1v) is 5.35. The third-order valence-electron chi connectivity index (χ3n) is 2.28. The maximum absolute atomic E-state index is 11.2. The molecule has 1 aromatic rings. The second-order valence-corrected chi connectivity index (χ2v) is 3.79. The SMILES string of the molecule is COC(=O)c1nccc(N(C)CCC(C)O)n1. The predicted octanol–water partition coefficient (Wildman–Crippen LogP) is 0.470. The van der Waals surface area contributed by atoms with Crippen LogP contribution in [0.25, 0.3) is 0 Å². The summed E-state index contributed by atoms with van der Waals surface area (Å²) in [6.07, 6.45) is 1.78. The van der Waals surface area contributed by atoms with E-state index in [9.17, 15) is 9.90 Å². The van der Waals surface area contributed by atoms with Gasteiger partial charge >= 0.3 is 5.97 Å². The van der Waals surface area contributed by atoms with Gasteiger partial charge in [0.1, 0.15) is 5.82 Å². The van der Waals surface area contributed by atoms with Crippen molar-refractivity contribution < 1.29 is 14.6 Å². The highest BCUT2D eigenvalue weighted by Gasteiger charge is 2.11. The van der Waals surface area contributed by atoms with Crippen LogP contribution in [0.15, 0.2) is 12.3 Å². The fourth-order valence-corrected chi connectivity index (χ4v) is 1.25. The summed E-state index contributed by atoms with van der Waals surface area (Å²) in [7, 11) is 3.13. The number of hydrogen-bond acceptors (Lipinski definition) is 6. The van der Waals surface area contributed by atoms with Crippen molar-refractivity contribution in [1.29, 1.82) is 0 Å². The Balaban J connectivity index is 2.73. The van der Waals surface area contributed by atoms with Crippen LogP contribution >= 0.6 is 0 Å². The monoisotopic (exact) mass is 239 g/mol. The molecule has 0 saturated heterocycles. The first-order chi connectivity index (χ1) is 8.04. The van der Waals surface area contributed by atoms with E-state index in [1.165, 1.54) is 13.3 Å². The van der Waals surface area contributed by atoms with E-state index in [2.05, 4.69) is 14.7 Å². The van der Waals surface area contributed by atoms with Crippen LogP contribution in [0.2, 0.25) is 0 Å². The lowest BCUT2D eigenvalue weighted by Gasteiger charge is -2.18. The summed E-state index contributed by atoms with van der Waals surface area (Å²) in [6.45, 7) is 2.38. The fraction of sp³-hybridized carbons (Fsp3) is 0.545. The molecule has 0 aliphatic heterocycles. The number of carbonyl (C=O) groups excluding carboxylic acids is 1. The van der Waals surface area contributed by atoms with Crippen LogP contribution in [0.1, 0.15) is 24.0 Å². The van der Waals surface area contributed by atoms with E-state index in [-0.39, 0.29) is 11.9 Å². The van der Waals surface area contributed by atoms with Gasteiger partial charge in [-0.15, -0.1) is 0 Å². The average Bonchev–Trinajstić information content (AvgIpc) is 2.35. The van der Waals surface area contributed by atoms with Gasteiger partial charge in [0.05, 0.1) is 13.2 Å². The highest BCUT2D eigenvalue weighted by molar-refractivity contribution is 5.85. The zero-order valence-electron chi connectivity index (χ0n) is 10.3. The van der Waals surface area contributed by atoms with Crippen molar-refractivity contribution in [1.82, 2.24) is 9.97 Å². The number of aliphatic hydroxyl groups is 1. The molecule has 0 aliphatic carbocycles. The summed E-state index contributed by atoms with van der Waals surface area (Å²) < 4.78 is 4.55. The summed E-state index contributed by atoms with van der Waals surface area (Å²) in [5.74, 6) is 0.103. The molecule has 1 unspecified atom stereocenters. The maximum Gasteiger partial charge on any atom is 0.376 e. The summed E-state index contributed by atoms with van der Waals surface area (Å²) in [6, 6.07) is 1.70. The number of carbonyl (C=O) groups is 1. The minimum Gasteiger partial charge on any atom is -0.463 e. The first-order valence-electron chi connectivity index (χ1n) is 5.35. The minimum atomic E-state index is -0.559. The van der Waals surface area contributed by atoms with Crippen molar-refractivity contribution in [3.8, 4) is 0 Å². The van der Waals surface area contributed by atoms with E-state index in [1.807, 2.05) is 11.9 Å². The molecule has 94 valence electrons. The molecule has 1 aromatic heterocycles. The molecule has 0 amide bonds. The van der Waals surface area contributed by atoms with Gasteiger partial charge in [-0.1, -0.05) is 0 Å². The molecule has 6 heteroatoms. The van der Waals surface area contributed by atoms with Gasteiger partial charge in [0.2, 0.25) is 5.82 Å². The van der Waals surface area contributed by atoms with E-state index in [0.717, 1.165) is 0 Å². The van der Waals surface area contributed by atoms with Gasteiger partial charge in [-0.05, 0) is 19.4 Å². The normalized spacial score (nSPS) is 12.0. The van der Waals surface area contributed by atoms with Crippen LogP contribution in [0.5, 0.6) is 0 Å². The van der Waals surface area contributed by atoms with Crippen LogP contribution in [0.3, 0.4) is 0 Å². The molecule has 6 nitrogen and oxygen atoms in total. The Labute approximate surface area is 100 Å². The van der Waals surface area contributed by atoms with E-state index in [0.29, 0.717) is 18.8 Å². The largest absolute Gasteiger partial charge is 0.463 e. The Morgan fingerprint density at radius 1 is 1.65 bits per heavy atom. The molecule has 1 N–H and O–H groups in total. The lowest BCUT2D eigenvalue weighted by atomic mass is 10.3. The molecular weight excluding hydrogens is 222 g/mol. The fourth-order valence-electron chi connectivity index (χ4n) is 1.25. The Bertz CT molecular complexity index is 382. The zero-order chi connectivity index (χ0) is 12.8. The number of nitrogens with zero attached hydrogens (tertiary/aromatic N) is 3. The van der Waals surface area contributed by atoms with Gasteiger partial charge in [0.15, 0.2) is 0 Å². The van der Waals surface area contributed by atoms with E-state index in [1.54, 1.807) is 13.0 Å². The molecule has 0 aromatic carbocycles. The van der Waals surface area contributed by atoms with Crippen molar-refractivity contribution in [3.05, 3.63) is 18.1 Å². The molecule has 1 rings (SSSR count). The molecule has 17 heavy (non-hydrogen) atoms. The van der Waals surface area contributed by atoms with Crippen LogP contribution in [-0.4, -0.2) is 47.8 Å². The lowest BCUT2D eigenvalue weighted by Crippen LogP contribution is -2.23. The summed E-state index contributed by atoms with van der Waals surface area (Å²) in [4.78, 5) is 21.0. The highest BCUT2D eigenvalue weighted by atomic mass is 16.5. The smallest absolute Gasteiger partial charge is 0.376 e. The van der Waals surface area contributed by atoms with Crippen molar-refractivity contribution in [3.63, 3.8) is 0 Å². The lowest BCUT2D eigenvalue weighted by molar-refractivity contribution is 0.0586. The number of ether oxygens (including phenoxy) is 1. The van der Waals surface area contributed by atoms with E-state index in [4.69, 9.17) is 0 Å². The van der Waals surface area contributed by atoms with Gasteiger partial charge in [-0.3, -0.25) is 0 Å². The first kappa shape index (κ1) is 13.4. The quantitative estimate of drug-likeness (QED) is 0.753. The Morgan fingerprint density at radius 3 is 2.94 bits per heavy atom. The third kappa shape index (κ3) is 3.99. The molecule has 0 spiro atoms. The second kappa shape index (κ2) is 6.15. The van der Waals surface area contributed by atoms with Crippen LogP contribution in [-0.2, 0) is 4.74 Å². The second-order valence-electron chi connectivity index (χ2n) is 3.79. The summed E-state index contributed by atoms with van der Waals surface area (Å²) in [5.41, 5.74) is 0. The standard InChI is InChI=1S/C11H17N3O3/c1-8(15)5-7-14(2)9-4-6-12-10(13-9)11(16)17-3/h4,6,8,15H,5,7H2,1-3H3. The van der Waals surface area contributed by atoms with Crippen LogP contribution < -0.4 is 4.90 Å². The van der Waals surface area contributed by atoms with E-state index < -0.39 is 5.97 Å². The highest BCUT2D eigenvalue weighted by Crippen LogP contribution is 2.09. The topological polar surface area (TPSA) is 75.5 Å². The molecular formula is C11H17N3O3. The van der Waals surface area contributed by atoms with Crippen molar-refractivity contribution in [2.75, 3.05) is 25.6 Å². The third-order valence-corrected chi connectivity index (χ3v) is 2.28. The molecule has 1 heterocycles. The van der Waals surface area contributed by atoms with Gasteiger partial charge in [0.25, 0.3) is 0 Å². The van der Waals surface area contributed by atoms with Gasteiger partial charge in [-0.25, -0.2) is 14.8 Å². The Hall–Kier alpha value is -1.69. The van der Waals surface area contributed by atoms with Crippen molar-refractivity contribution in [2.24, 2.45) is 0 Å². The van der Waals surface area contributed by atoms with Crippen molar-refractivity contribution >= 4 is 11.8 Å². The maximum atomic E-state index is 11.2. The summed E-state index contributed by atoms with van der Waals surface area (Å²) in [5, 5.41) is 9.20. The molecule has 0 bridgehead atoms. The molecule has 0 saturated carbocycles. The number of aromatic nitrogens is 2. The number of rotatable bonds is 5. The Kier molecular flexibility index (Phi) is 4.84. The van der Waals surface area contributed by atoms with Crippen LogP contribution in [0.4, 0.5) is 5.82 Å². The molecule has 0 radical (unpaired) electrons. The average molecular weight is 239 g/mol. The predicted molar refractivity (Wildman–Crippen MR) is 62.9 cm³/mol. The van der Waals surface area contributed by atoms with Gasteiger partial charge in [-0.2, -0.15) is 0 Å². The number of hydrogen-bond donors (Lipinski definition) is 1.